The first-order valence-electron chi connectivity index (χ1n) is 7.57. The average Bonchev–Trinajstić information content (AvgIpc) is 2.62. The van der Waals surface area contributed by atoms with Gasteiger partial charge in [-0.1, -0.05) is 23.7 Å². The number of benzene rings is 2. The third-order valence-electron chi connectivity index (χ3n) is 3.64. The highest BCUT2D eigenvalue weighted by molar-refractivity contribution is 7.89. The summed E-state index contributed by atoms with van der Waals surface area (Å²) in [7, 11) is -0.996. The molecule has 0 atom stereocenters. The van der Waals surface area contributed by atoms with Gasteiger partial charge in [0.1, 0.15) is 18.0 Å². The first kappa shape index (κ1) is 20.0. The van der Waals surface area contributed by atoms with Gasteiger partial charge < -0.3 is 10.1 Å². The standard InChI is InChI=1S/C16H18ClN3O5S/c1-18-14-8-7-12(11-15(14)20(21)22)26(23,24)19(2)9-10-25-16-6-4-3-5-13(16)17/h3-8,11,18H,9-10H2,1-2H3. The summed E-state index contributed by atoms with van der Waals surface area (Å²) < 4.78 is 31.8. The number of nitro groups is 1. The summed E-state index contributed by atoms with van der Waals surface area (Å²) in [5, 5.41) is 14.2. The third kappa shape index (κ3) is 4.43. The van der Waals surface area contributed by atoms with Crippen molar-refractivity contribution in [3.63, 3.8) is 0 Å². The van der Waals surface area contributed by atoms with Crippen molar-refractivity contribution in [2.24, 2.45) is 0 Å². The van der Waals surface area contributed by atoms with E-state index in [-0.39, 0.29) is 29.4 Å². The summed E-state index contributed by atoms with van der Waals surface area (Å²) in [6.07, 6.45) is 0. The topological polar surface area (TPSA) is 102 Å². The zero-order valence-corrected chi connectivity index (χ0v) is 15.7. The molecule has 0 aromatic heterocycles. The van der Waals surface area contributed by atoms with Gasteiger partial charge in [-0.15, -0.1) is 0 Å². The summed E-state index contributed by atoms with van der Waals surface area (Å²) in [4.78, 5) is 10.3. The van der Waals surface area contributed by atoms with Crippen molar-refractivity contribution in [2.45, 2.75) is 4.90 Å². The second-order valence-corrected chi connectivity index (χ2v) is 7.74. The molecule has 0 heterocycles. The Bertz CT molecular complexity index is 905. The fourth-order valence-corrected chi connectivity index (χ4v) is 3.55. The predicted molar refractivity (Wildman–Crippen MR) is 99.4 cm³/mol. The van der Waals surface area contributed by atoms with Crippen LogP contribution in [0.25, 0.3) is 0 Å². The molecule has 0 aliphatic rings. The number of sulfonamides is 1. The van der Waals surface area contributed by atoms with Crippen LogP contribution < -0.4 is 10.1 Å². The van der Waals surface area contributed by atoms with Crippen LogP contribution in [-0.4, -0.2) is 44.9 Å². The fourth-order valence-electron chi connectivity index (χ4n) is 2.18. The molecule has 2 rings (SSSR count). The van der Waals surface area contributed by atoms with Crippen molar-refractivity contribution in [3.05, 3.63) is 57.6 Å². The van der Waals surface area contributed by atoms with E-state index in [4.69, 9.17) is 16.3 Å². The highest BCUT2D eigenvalue weighted by atomic mass is 35.5. The molecule has 2 aromatic rings. The molecule has 140 valence electrons. The zero-order chi connectivity index (χ0) is 19.3. The minimum absolute atomic E-state index is 0.0507. The van der Waals surface area contributed by atoms with E-state index >= 15 is 0 Å². The molecule has 0 amide bonds. The van der Waals surface area contributed by atoms with Gasteiger partial charge in [0.2, 0.25) is 10.0 Å². The van der Waals surface area contributed by atoms with Crippen LogP contribution in [0.4, 0.5) is 11.4 Å². The first-order chi connectivity index (χ1) is 12.3. The number of nitro benzene ring substituents is 1. The highest BCUT2D eigenvalue weighted by Gasteiger charge is 2.24. The van der Waals surface area contributed by atoms with Crippen molar-refractivity contribution >= 4 is 33.0 Å². The molecule has 0 radical (unpaired) electrons. The smallest absolute Gasteiger partial charge is 0.293 e. The molecule has 0 fully saturated rings. The van der Waals surface area contributed by atoms with E-state index in [2.05, 4.69) is 5.32 Å². The third-order valence-corrected chi connectivity index (χ3v) is 5.81. The van der Waals surface area contributed by atoms with Crippen LogP contribution in [0.5, 0.6) is 5.75 Å². The van der Waals surface area contributed by atoms with Gasteiger partial charge in [-0.2, -0.15) is 4.31 Å². The van der Waals surface area contributed by atoms with E-state index in [9.17, 15) is 18.5 Å². The van der Waals surface area contributed by atoms with Gasteiger partial charge in [-0.3, -0.25) is 10.1 Å². The number of halogens is 1. The van der Waals surface area contributed by atoms with Crippen molar-refractivity contribution < 1.29 is 18.1 Å². The second-order valence-electron chi connectivity index (χ2n) is 5.29. The number of hydrogen-bond acceptors (Lipinski definition) is 6. The van der Waals surface area contributed by atoms with Gasteiger partial charge in [0.25, 0.3) is 5.69 Å². The molecule has 0 spiro atoms. The van der Waals surface area contributed by atoms with Crippen molar-refractivity contribution in [1.82, 2.24) is 4.31 Å². The van der Waals surface area contributed by atoms with E-state index in [1.807, 2.05) is 0 Å². The van der Waals surface area contributed by atoms with Crippen LogP contribution in [0.1, 0.15) is 0 Å². The monoisotopic (exact) mass is 399 g/mol. The van der Waals surface area contributed by atoms with Gasteiger partial charge in [-0.25, -0.2) is 8.42 Å². The Balaban J connectivity index is 2.12. The Morgan fingerprint density at radius 1 is 1.27 bits per heavy atom. The molecule has 8 nitrogen and oxygen atoms in total. The number of hydrogen-bond donors (Lipinski definition) is 1. The van der Waals surface area contributed by atoms with Crippen molar-refractivity contribution in [1.29, 1.82) is 0 Å². The van der Waals surface area contributed by atoms with E-state index < -0.39 is 14.9 Å². The largest absolute Gasteiger partial charge is 0.491 e. The molecule has 0 saturated carbocycles. The number of nitrogens with zero attached hydrogens (tertiary/aromatic N) is 2. The van der Waals surface area contributed by atoms with Gasteiger partial charge in [-0.05, 0) is 24.3 Å². The van der Waals surface area contributed by atoms with E-state index in [1.54, 1.807) is 24.3 Å². The Morgan fingerprint density at radius 3 is 2.58 bits per heavy atom. The lowest BCUT2D eigenvalue weighted by molar-refractivity contribution is -0.384. The van der Waals surface area contributed by atoms with Crippen molar-refractivity contribution in [2.75, 3.05) is 32.6 Å². The number of anilines is 1. The fraction of sp³-hybridized carbons (Fsp3) is 0.250. The molecule has 26 heavy (non-hydrogen) atoms. The molecule has 0 aliphatic carbocycles. The summed E-state index contributed by atoms with van der Waals surface area (Å²) in [5.74, 6) is 0.453. The molecule has 0 aliphatic heterocycles. The molecular formula is C16H18ClN3O5S. The summed E-state index contributed by atoms with van der Waals surface area (Å²) in [6.45, 7) is 0.130. The average molecular weight is 400 g/mol. The van der Waals surface area contributed by atoms with Crippen LogP contribution in [0.2, 0.25) is 5.02 Å². The number of ether oxygens (including phenoxy) is 1. The molecule has 2 aromatic carbocycles. The van der Waals surface area contributed by atoms with Gasteiger partial charge in [0.05, 0.1) is 14.8 Å². The molecule has 1 N–H and O–H groups in total. The Labute approximate surface area is 156 Å². The van der Waals surface area contributed by atoms with Crippen LogP contribution in [-0.2, 0) is 10.0 Å². The van der Waals surface area contributed by atoms with Crippen LogP contribution in [0.3, 0.4) is 0 Å². The number of nitrogens with one attached hydrogen (secondary N) is 1. The lowest BCUT2D eigenvalue weighted by Crippen LogP contribution is -2.31. The van der Waals surface area contributed by atoms with Gasteiger partial charge >= 0.3 is 0 Å². The van der Waals surface area contributed by atoms with E-state index in [0.29, 0.717) is 10.8 Å². The van der Waals surface area contributed by atoms with Gasteiger partial charge in [0.15, 0.2) is 0 Å². The van der Waals surface area contributed by atoms with Crippen LogP contribution >= 0.6 is 11.6 Å². The number of para-hydroxylation sites is 1. The predicted octanol–water partition coefficient (Wildman–Crippen LogP) is 2.99. The first-order valence-corrected chi connectivity index (χ1v) is 9.39. The summed E-state index contributed by atoms with van der Waals surface area (Å²) in [5.41, 5.74) is -0.0760. The zero-order valence-electron chi connectivity index (χ0n) is 14.2. The number of rotatable bonds is 8. The van der Waals surface area contributed by atoms with Crippen molar-refractivity contribution in [3.8, 4) is 5.75 Å². The highest BCUT2D eigenvalue weighted by Crippen LogP contribution is 2.28. The maximum absolute atomic E-state index is 12.6. The second kappa shape index (κ2) is 8.35. The Kier molecular flexibility index (Phi) is 6.41. The SMILES string of the molecule is CNc1ccc(S(=O)(=O)N(C)CCOc2ccccc2Cl)cc1[N+](=O)[O-]. The van der Waals surface area contributed by atoms with E-state index in [0.717, 1.165) is 10.4 Å². The lowest BCUT2D eigenvalue weighted by atomic mass is 10.3. The van der Waals surface area contributed by atoms with Crippen LogP contribution in [0.15, 0.2) is 47.4 Å². The van der Waals surface area contributed by atoms with Crippen LogP contribution in [0, 0.1) is 10.1 Å². The molecule has 0 saturated heterocycles. The maximum Gasteiger partial charge on any atom is 0.293 e. The molecular weight excluding hydrogens is 382 g/mol. The quantitative estimate of drug-likeness (QED) is 0.540. The normalized spacial score (nSPS) is 11.4. The Hall–Kier alpha value is -2.36. The van der Waals surface area contributed by atoms with E-state index in [1.165, 1.54) is 26.2 Å². The molecule has 10 heteroatoms. The minimum atomic E-state index is -3.90. The maximum atomic E-state index is 12.6. The summed E-state index contributed by atoms with van der Waals surface area (Å²) >= 11 is 5.97. The lowest BCUT2D eigenvalue weighted by Gasteiger charge is -2.18. The summed E-state index contributed by atoms with van der Waals surface area (Å²) in [6, 6.07) is 10.6. The Morgan fingerprint density at radius 2 is 1.96 bits per heavy atom. The molecule has 0 bridgehead atoms. The van der Waals surface area contributed by atoms with Gasteiger partial charge in [0, 0.05) is 26.7 Å². The molecule has 0 unspecified atom stereocenters. The minimum Gasteiger partial charge on any atom is -0.491 e. The number of likely N-dealkylation sites (N-methyl/N-ethyl adjacent to an activating group) is 1.